The fourth-order valence-corrected chi connectivity index (χ4v) is 2.23. The van der Waals surface area contributed by atoms with Crippen LogP contribution in [-0.4, -0.2) is 17.9 Å². The van der Waals surface area contributed by atoms with Crippen LogP contribution >= 0.6 is 0 Å². The highest BCUT2D eigenvalue weighted by molar-refractivity contribution is 5.92. The van der Waals surface area contributed by atoms with Crippen molar-refractivity contribution in [1.29, 1.82) is 0 Å². The van der Waals surface area contributed by atoms with E-state index in [-0.39, 0.29) is 18.0 Å². The molecule has 2 rings (SSSR count). The van der Waals surface area contributed by atoms with Crippen molar-refractivity contribution in [2.24, 2.45) is 0 Å². The maximum atomic E-state index is 12.1. The summed E-state index contributed by atoms with van der Waals surface area (Å²) in [5, 5.41) is 13.5. The molecular weight excluding hydrogens is 296 g/mol. The Kier molecular flexibility index (Phi) is 5.30. The Morgan fingerprint density at radius 2 is 2.00 bits per heavy atom. The summed E-state index contributed by atoms with van der Waals surface area (Å²) in [7, 11) is 1.59. The minimum Gasteiger partial charge on any atom is -0.496 e. The van der Waals surface area contributed by atoms with E-state index in [2.05, 4.69) is 5.32 Å². The van der Waals surface area contributed by atoms with Crippen molar-refractivity contribution in [1.82, 2.24) is 0 Å². The summed E-state index contributed by atoms with van der Waals surface area (Å²) in [6.45, 7) is 1.79. The number of nitro groups is 1. The van der Waals surface area contributed by atoms with E-state index in [4.69, 9.17) is 4.74 Å². The summed E-state index contributed by atoms with van der Waals surface area (Å²) >= 11 is 0. The van der Waals surface area contributed by atoms with E-state index >= 15 is 0 Å². The van der Waals surface area contributed by atoms with Gasteiger partial charge >= 0.3 is 0 Å². The number of nitrogens with zero attached hydrogens (tertiary/aromatic N) is 1. The summed E-state index contributed by atoms with van der Waals surface area (Å²) in [5.74, 6) is 0.548. The van der Waals surface area contributed by atoms with E-state index in [1.807, 2.05) is 24.3 Å². The Morgan fingerprint density at radius 3 is 2.70 bits per heavy atom. The topological polar surface area (TPSA) is 81.5 Å². The lowest BCUT2D eigenvalue weighted by Crippen LogP contribution is -2.13. The summed E-state index contributed by atoms with van der Waals surface area (Å²) in [6, 6.07) is 11.9. The SMILES string of the molecule is COc1ccccc1CCC(=O)Nc1cc([N+](=O)[O-])ccc1C. The first kappa shape index (κ1) is 16.5. The summed E-state index contributed by atoms with van der Waals surface area (Å²) in [4.78, 5) is 22.4. The van der Waals surface area contributed by atoms with E-state index in [1.165, 1.54) is 12.1 Å². The number of carbonyl (C=O) groups excluding carboxylic acids is 1. The highest BCUT2D eigenvalue weighted by atomic mass is 16.6. The summed E-state index contributed by atoms with van der Waals surface area (Å²) < 4.78 is 5.25. The van der Waals surface area contributed by atoms with Gasteiger partial charge < -0.3 is 10.1 Å². The van der Waals surface area contributed by atoms with Crippen LogP contribution in [0.1, 0.15) is 17.5 Å². The smallest absolute Gasteiger partial charge is 0.271 e. The number of ether oxygens (including phenoxy) is 1. The fraction of sp³-hybridized carbons (Fsp3) is 0.235. The molecule has 0 heterocycles. The van der Waals surface area contributed by atoms with Gasteiger partial charge in [-0.1, -0.05) is 24.3 Å². The Bertz CT molecular complexity index is 728. The molecule has 0 aliphatic rings. The quantitative estimate of drug-likeness (QED) is 0.653. The van der Waals surface area contributed by atoms with Crippen molar-refractivity contribution < 1.29 is 14.5 Å². The third kappa shape index (κ3) is 4.29. The number of carbonyl (C=O) groups is 1. The van der Waals surface area contributed by atoms with Gasteiger partial charge in [-0.2, -0.15) is 0 Å². The van der Waals surface area contributed by atoms with Crippen LogP contribution in [0.5, 0.6) is 5.75 Å². The molecule has 2 aromatic rings. The number of non-ortho nitro benzene ring substituents is 1. The molecule has 0 aliphatic carbocycles. The standard InChI is InChI=1S/C17H18N2O4/c1-12-7-9-14(19(21)22)11-15(12)18-17(20)10-8-13-5-3-4-6-16(13)23-2/h3-7,9,11H,8,10H2,1-2H3,(H,18,20). The highest BCUT2D eigenvalue weighted by Crippen LogP contribution is 2.23. The molecular formula is C17H18N2O4. The second-order valence-electron chi connectivity index (χ2n) is 5.12. The molecule has 0 saturated carbocycles. The molecule has 1 N–H and O–H groups in total. The number of hydrogen-bond acceptors (Lipinski definition) is 4. The minimum absolute atomic E-state index is 0.0457. The Labute approximate surface area is 134 Å². The normalized spacial score (nSPS) is 10.2. The maximum Gasteiger partial charge on any atom is 0.271 e. The second-order valence-corrected chi connectivity index (χ2v) is 5.12. The molecule has 0 atom stereocenters. The molecule has 6 nitrogen and oxygen atoms in total. The van der Waals surface area contributed by atoms with Crippen molar-refractivity contribution in [2.45, 2.75) is 19.8 Å². The number of nitrogens with one attached hydrogen (secondary N) is 1. The number of para-hydroxylation sites is 1. The predicted molar refractivity (Wildman–Crippen MR) is 87.8 cm³/mol. The van der Waals surface area contributed by atoms with E-state index in [1.54, 1.807) is 20.1 Å². The predicted octanol–water partition coefficient (Wildman–Crippen LogP) is 3.48. The van der Waals surface area contributed by atoms with Crippen molar-refractivity contribution >= 4 is 17.3 Å². The van der Waals surface area contributed by atoms with Crippen LogP contribution in [0.15, 0.2) is 42.5 Å². The number of anilines is 1. The molecule has 0 spiro atoms. The van der Waals surface area contributed by atoms with Gasteiger partial charge in [-0.15, -0.1) is 0 Å². The van der Waals surface area contributed by atoms with Crippen LogP contribution in [-0.2, 0) is 11.2 Å². The minimum atomic E-state index is -0.482. The van der Waals surface area contributed by atoms with Crippen LogP contribution in [0.25, 0.3) is 0 Å². The Balaban J connectivity index is 2.02. The van der Waals surface area contributed by atoms with Gasteiger partial charge in [0.2, 0.25) is 5.91 Å². The number of methoxy groups -OCH3 is 1. The third-order valence-corrected chi connectivity index (χ3v) is 3.52. The Morgan fingerprint density at radius 1 is 1.26 bits per heavy atom. The van der Waals surface area contributed by atoms with Crippen LogP contribution in [0.4, 0.5) is 11.4 Å². The highest BCUT2D eigenvalue weighted by Gasteiger charge is 2.12. The van der Waals surface area contributed by atoms with Crippen molar-refractivity contribution in [3.05, 3.63) is 63.7 Å². The van der Waals surface area contributed by atoms with Crippen LogP contribution in [0, 0.1) is 17.0 Å². The largest absolute Gasteiger partial charge is 0.496 e. The second kappa shape index (κ2) is 7.40. The number of benzene rings is 2. The zero-order valence-corrected chi connectivity index (χ0v) is 13.0. The first-order valence-electron chi connectivity index (χ1n) is 7.18. The zero-order valence-electron chi connectivity index (χ0n) is 13.0. The number of amides is 1. The molecule has 120 valence electrons. The fourth-order valence-electron chi connectivity index (χ4n) is 2.23. The zero-order chi connectivity index (χ0) is 16.8. The monoisotopic (exact) mass is 314 g/mol. The van der Waals surface area contributed by atoms with Crippen LogP contribution in [0.3, 0.4) is 0 Å². The van der Waals surface area contributed by atoms with E-state index in [9.17, 15) is 14.9 Å². The van der Waals surface area contributed by atoms with Gasteiger partial charge in [0.05, 0.1) is 17.7 Å². The lowest BCUT2D eigenvalue weighted by Gasteiger charge is -2.10. The van der Waals surface area contributed by atoms with Crippen molar-refractivity contribution in [3.8, 4) is 5.75 Å². The van der Waals surface area contributed by atoms with Crippen molar-refractivity contribution in [2.75, 3.05) is 12.4 Å². The first-order valence-corrected chi connectivity index (χ1v) is 7.18. The van der Waals surface area contributed by atoms with E-state index in [0.717, 1.165) is 16.9 Å². The van der Waals surface area contributed by atoms with Gasteiger partial charge in [-0.25, -0.2) is 0 Å². The van der Waals surface area contributed by atoms with Gasteiger partial charge in [0.1, 0.15) is 5.75 Å². The number of rotatable bonds is 6. The molecule has 0 radical (unpaired) electrons. The van der Waals surface area contributed by atoms with Crippen LogP contribution < -0.4 is 10.1 Å². The lowest BCUT2D eigenvalue weighted by molar-refractivity contribution is -0.384. The summed E-state index contributed by atoms with van der Waals surface area (Å²) in [6.07, 6.45) is 0.798. The van der Waals surface area contributed by atoms with Gasteiger partial charge in [0.25, 0.3) is 5.69 Å². The first-order chi connectivity index (χ1) is 11.0. The molecule has 2 aromatic carbocycles. The van der Waals surface area contributed by atoms with Gasteiger partial charge in [0.15, 0.2) is 0 Å². The van der Waals surface area contributed by atoms with Crippen molar-refractivity contribution in [3.63, 3.8) is 0 Å². The van der Waals surface area contributed by atoms with Gasteiger partial charge in [-0.3, -0.25) is 14.9 Å². The average molecular weight is 314 g/mol. The third-order valence-electron chi connectivity index (χ3n) is 3.52. The molecule has 1 amide bonds. The molecule has 0 fully saturated rings. The van der Waals surface area contributed by atoms with E-state index in [0.29, 0.717) is 12.1 Å². The maximum absolute atomic E-state index is 12.1. The van der Waals surface area contributed by atoms with Gasteiger partial charge in [-0.05, 0) is 30.5 Å². The van der Waals surface area contributed by atoms with Gasteiger partial charge in [0, 0.05) is 18.6 Å². The van der Waals surface area contributed by atoms with Crippen LogP contribution in [0.2, 0.25) is 0 Å². The summed E-state index contributed by atoms with van der Waals surface area (Å²) in [5.41, 5.74) is 2.14. The Hall–Kier alpha value is -2.89. The molecule has 0 aromatic heterocycles. The molecule has 0 bridgehead atoms. The number of hydrogen-bond donors (Lipinski definition) is 1. The molecule has 0 aliphatic heterocycles. The lowest BCUT2D eigenvalue weighted by atomic mass is 10.1. The molecule has 0 saturated heterocycles. The number of nitro benzene ring substituents is 1. The molecule has 0 unspecified atom stereocenters. The molecule has 6 heteroatoms. The van der Waals surface area contributed by atoms with E-state index < -0.39 is 4.92 Å². The number of aryl methyl sites for hydroxylation is 2. The molecule has 23 heavy (non-hydrogen) atoms. The average Bonchev–Trinajstić information content (AvgIpc) is 2.55.